The van der Waals surface area contributed by atoms with Crippen LogP contribution in [0, 0.1) is 11.6 Å². The Morgan fingerprint density at radius 1 is 0.878 bits per heavy atom. The highest BCUT2D eigenvalue weighted by atomic mass is 19.1. The fraction of sp³-hybridized carbons (Fsp3) is 0.412. The van der Waals surface area contributed by atoms with Crippen molar-refractivity contribution in [2.45, 2.75) is 26.4 Å². The first-order valence-corrected chi connectivity index (χ1v) is 16.2. The summed E-state index contributed by atoms with van der Waals surface area (Å²) in [5.41, 5.74) is -0.212. The van der Waals surface area contributed by atoms with E-state index in [0.717, 1.165) is 38.3 Å². The summed E-state index contributed by atoms with van der Waals surface area (Å²) in [6.07, 6.45) is 2.67. The molecule has 0 radical (unpaired) electrons. The molecular formula is C34H38F2N6O7. The highest BCUT2D eigenvalue weighted by molar-refractivity contribution is 5.97. The monoisotopic (exact) mass is 680 g/mol. The molecule has 0 aliphatic carbocycles. The summed E-state index contributed by atoms with van der Waals surface area (Å²) in [6, 6.07) is 3.80. The van der Waals surface area contributed by atoms with Gasteiger partial charge in [-0.3, -0.25) is 9.59 Å². The van der Waals surface area contributed by atoms with Crippen molar-refractivity contribution in [1.29, 1.82) is 0 Å². The summed E-state index contributed by atoms with van der Waals surface area (Å²) in [6.45, 7) is 10.3. The van der Waals surface area contributed by atoms with E-state index < -0.39 is 34.4 Å². The minimum Gasteiger partial charge on any atom is -0.487 e. The number of aryl methyl sites for hydroxylation is 1. The number of aromatic carboxylic acids is 2. The molecule has 15 heteroatoms. The van der Waals surface area contributed by atoms with Crippen LogP contribution in [0.5, 0.6) is 5.75 Å². The molecule has 7 rings (SSSR count). The highest BCUT2D eigenvalue weighted by Crippen LogP contribution is 2.42. The number of ether oxygens (including phenoxy) is 1. The summed E-state index contributed by atoms with van der Waals surface area (Å²) in [5, 5.41) is 21.8. The molecule has 3 aliphatic heterocycles. The van der Waals surface area contributed by atoms with Crippen molar-refractivity contribution in [2.75, 3.05) is 75.8 Å². The van der Waals surface area contributed by atoms with E-state index >= 15 is 0 Å². The number of benzene rings is 2. The SMILES string of the molecule is CC1COc2c(N3CCN(C)CC3)c(F)cc3c(=O)c(C(=O)O)cn1c23.CCn1cc(C(=O)O)c(=O)c2cc(F)c(N3CCNCC3)cc21. The molecule has 0 bridgehead atoms. The number of nitrogens with one attached hydrogen (secondary N) is 1. The standard InChI is InChI=1S/C18H20FN3O4.C16H18FN3O3/c1-10-9-26-17-14-11(16(23)12(18(24)25)8-22(10)14)7-13(19)15(17)21-5-3-20(2)4-6-21;1-2-19-9-11(16(22)23)15(21)10-7-12(17)14(8-13(10)19)20-5-3-18-4-6-20/h7-8,10H,3-6,9H2,1-2H3,(H,24,25);7-9,18H,2-6H2,1H3,(H,22,23). The molecule has 2 aromatic heterocycles. The summed E-state index contributed by atoms with van der Waals surface area (Å²) < 4.78 is 38.7. The zero-order valence-corrected chi connectivity index (χ0v) is 27.5. The molecule has 3 aliphatic rings. The van der Waals surface area contributed by atoms with Gasteiger partial charge in [0.05, 0.1) is 28.1 Å². The van der Waals surface area contributed by atoms with Gasteiger partial charge in [0.15, 0.2) is 11.6 Å². The van der Waals surface area contributed by atoms with Crippen LogP contribution in [0.1, 0.15) is 40.6 Å². The van der Waals surface area contributed by atoms with E-state index in [1.165, 1.54) is 12.4 Å². The molecule has 4 aromatic rings. The van der Waals surface area contributed by atoms with E-state index in [2.05, 4.69) is 10.2 Å². The van der Waals surface area contributed by atoms with Crippen molar-refractivity contribution < 1.29 is 33.3 Å². The normalized spacial score (nSPS) is 17.9. The van der Waals surface area contributed by atoms with Gasteiger partial charge in [-0.15, -0.1) is 0 Å². The molecule has 2 fully saturated rings. The van der Waals surface area contributed by atoms with Crippen molar-refractivity contribution >= 4 is 45.1 Å². The summed E-state index contributed by atoms with van der Waals surface area (Å²) in [7, 11) is 2.02. The number of aromatic nitrogens is 2. The minimum absolute atomic E-state index is 0.0434. The van der Waals surface area contributed by atoms with Crippen LogP contribution in [0.15, 0.2) is 40.2 Å². The molecule has 0 spiro atoms. The Morgan fingerprint density at radius 2 is 1.49 bits per heavy atom. The predicted octanol–water partition coefficient (Wildman–Crippen LogP) is 2.81. The van der Waals surface area contributed by atoms with E-state index in [0.29, 0.717) is 60.9 Å². The van der Waals surface area contributed by atoms with Crippen LogP contribution < -0.4 is 30.7 Å². The number of pyridine rings is 2. The van der Waals surface area contributed by atoms with Gasteiger partial charge < -0.3 is 44.1 Å². The van der Waals surface area contributed by atoms with Crippen molar-refractivity contribution in [3.05, 3.63) is 73.8 Å². The molecule has 3 N–H and O–H groups in total. The molecule has 2 aromatic carbocycles. The lowest BCUT2D eigenvalue weighted by molar-refractivity contribution is 0.0683. The number of halogens is 2. The average molecular weight is 681 g/mol. The Kier molecular flexibility index (Phi) is 9.31. The van der Waals surface area contributed by atoms with Gasteiger partial charge >= 0.3 is 11.9 Å². The lowest BCUT2D eigenvalue weighted by atomic mass is 10.1. The first kappa shape index (κ1) is 33.9. The topological polar surface area (TPSA) is 150 Å². The number of likely N-dealkylation sites (N-methyl/N-ethyl adjacent to an activating group) is 1. The number of hydrogen-bond donors (Lipinski definition) is 3. The number of fused-ring (bicyclic) bond motifs is 1. The Labute approximate surface area is 279 Å². The third-order valence-corrected chi connectivity index (χ3v) is 9.37. The second-order valence-corrected chi connectivity index (χ2v) is 12.5. The number of anilines is 2. The van der Waals surface area contributed by atoms with Crippen LogP contribution in [-0.4, -0.2) is 102 Å². The second-order valence-electron chi connectivity index (χ2n) is 12.5. The molecule has 0 saturated carbocycles. The third-order valence-electron chi connectivity index (χ3n) is 9.37. The molecule has 260 valence electrons. The van der Waals surface area contributed by atoms with Crippen molar-refractivity contribution in [3.8, 4) is 5.75 Å². The Balaban J connectivity index is 0.000000171. The average Bonchev–Trinajstić information content (AvgIpc) is 3.08. The molecule has 2 saturated heterocycles. The van der Waals surface area contributed by atoms with Crippen molar-refractivity contribution in [2.24, 2.45) is 0 Å². The van der Waals surface area contributed by atoms with Gasteiger partial charge in [-0.25, -0.2) is 18.4 Å². The van der Waals surface area contributed by atoms with Gasteiger partial charge in [-0.1, -0.05) is 0 Å². The Morgan fingerprint density at radius 3 is 2.12 bits per heavy atom. The fourth-order valence-electron chi connectivity index (χ4n) is 6.65. The summed E-state index contributed by atoms with van der Waals surface area (Å²) in [4.78, 5) is 53.5. The fourth-order valence-corrected chi connectivity index (χ4v) is 6.65. The maximum atomic E-state index is 15.0. The van der Waals surface area contributed by atoms with Crippen LogP contribution in [0.25, 0.3) is 21.8 Å². The van der Waals surface area contributed by atoms with Gasteiger partial charge in [-0.05, 0) is 39.1 Å². The van der Waals surface area contributed by atoms with Gasteiger partial charge in [0.1, 0.15) is 29.2 Å². The number of hydrogen-bond acceptors (Lipinski definition) is 9. The van der Waals surface area contributed by atoms with Crippen LogP contribution >= 0.6 is 0 Å². The number of carboxylic acid groups (broad SMARTS) is 2. The quantitative estimate of drug-likeness (QED) is 0.286. The van der Waals surface area contributed by atoms with E-state index in [9.17, 15) is 33.1 Å². The number of rotatable bonds is 5. The van der Waals surface area contributed by atoms with Crippen LogP contribution in [0.4, 0.5) is 20.2 Å². The van der Waals surface area contributed by atoms with Gasteiger partial charge in [0.2, 0.25) is 10.9 Å². The highest BCUT2D eigenvalue weighted by Gasteiger charge is 2.31. The Bertz CT molecular complexity index is 2080. The van der Waals surface area contributed by atoms with Crippen molar-refractivity contribution in [3.63, 3.8) is 0 Å². The number of carbonyl (C=O) groups is 2. The zero-order chi connectivity index (χ0) is 35.1. The van der Waals surface area contributed by atoms with Crippen LogP contribution in [0.3, 0.4) is 0 Å². The smallest absolute Gasteiger partial charge is 0.341 e. The van der Waals surface area contributed by atoms with E-state index in [1.54, 1.807) is 15.2 Å². The molecule has 1 atom stereocenters. The Hall–Kier alpha value is -5.02. The number of carboxylic acids is 2. The lowest BCUT2D eigenvalue weighted by Crippen LogP contribution is -2.45. The lowest BCUT2D eigenvalue weighted by Gasteiger charge is -2.37. The number of nitrogens with zero attached hydrogens (tertiary/aromatic N) is 5. The summed E-state index contributed by atoms with van der Waals surface area (Å²) in [5.74, 6) is -3.34. The van der Waals surface area contributed by atoms with Crippen LogP contribution in [0.2, 0.25) is 0 Å². The van der Waals surface area contributed by atoms with E-state index in [-0.39, 0.29) is 34.5 Å². The molecule has 1 unspecified atom stereocenters. The van der Waals surface area contributed by atoms with Gasteiger partial charge in [0.25, 0.3) is 0 Å². The number of piperazine rings is 2. The molecule has 13 nitrogen and oxygen atoms in total. The third kappa shape index (κ3) is 6.19. The first-order valence-electron chi connectivity index (χ1n) is 16.2. The predicted molar refractivity (Wildman–Crippen MR) is 181 cm³/mol. The molecule has 5 heterocycles. The maximum Gasteiger partial charge on any atom is 0.341 e. The zero-order valence-electron chi connectivity index (χ0n) is 27.5. The van der Waals surface area contributed by atoms with Gasteiger partial charge in [0, 0.05) is 76.7 Å². The van der Waals surface area contributed by atoms with E-state index in [4.69, 9.17) is 9.84 Å². The van der Waals surface area contributed by atoms with Crippen LogP contribution in [-0.2, 0) is 6.54 Å². The summed E-state index contributed by atoms with van der Waals surface area (Å²) >= 11 is 0. The van der Waals surface area contributed by atoms with E-state index in [1.807, 2.05) is 30.7 Å². The first-order chi connectivity index (χ1) is 23.4. The van der Waals surface area contributed by atoms with Crippen molar-refractivity contribution in [1.82, 2.24) is 19.4 Å². The molecular weight excluding hydrogens is 642 g/mol. The molecule has 49 heavy (non-hydrogen) atoms. The largest absolute Gasteiger partial charge is 0.487 e. The van der Waals surface area contributed by atoms with Gasteiger partial charge in [-0.2, -0.15) is 0 Å². The molecule has 0 amide bonds. The maximum absolute atomic E-state index is 15.0. The second kappa shape index (κ2) is 13.5. The minimum atomic E-state index is -1.32.